The largest absolute Gasteiger partial charge is 0.298 e. The van der Waals surface area contributed by atoms with Crippen LogP contribution in [0.5, 0.6) is 0 Å². The number of piperidine rings is 3. The molecule has 4 fully saturated rings. The molecule has 5 rings (SSSR count). The molecule has 1 aromatic carbocycles. The molecule has 4 heterocycles. The Hall–Kier alpha value is -0.950. The lowest BCUT2D eigenvalue weighted by atomic mass is 9.75. The summed E-state index contributed by atoms with van der Waals surface area (Å²) in [6.45, 7) is 2.84. The molecule has 6 heteroatoms. The van der Waals surface area contributed by atoms with Gasteiger partial charge >= 0.3 is 0 Å². The second-order valence-electron chi connectivity index (χ2n) is 7.23. The van der Waals surface area contributed by atoms with Crippen LogP contribution in [0.4, 0.5) is 0 Å². The maximum Gasteiger partial charge on any atom is 0.281 e. The molecule has 4 saturated heterocycles. The first-order valence-electron chi connectivity index (χ1n) is 8.48. The molecule has 0 radical (unpaired) electrons. The van der Waals surface area contributed by atoms with Crippen LogP contribution in [0.1, 0.15) is 24.3 Å². The van der Waals surface area contributed by atoms with Crippen LogP contribution in [0.3, 0.4) is 0 Å². The Balaban J connectivity index is 1.76. The molecule has 0 aliphatic carbocycles. The van der Waals surface area contributed by atoms with Crippen LogP contribution in [-0.2, 0) is 10.2 Å². The van der Waals surface area contributed by atoms with Crippen LogP contribution in [0, 0.1) is 5.92 Å². The fourth-order valence-corrected chi connectivity index (χ4v) is 6.21. The van der Waals surface area contributed by atoms with E-state index < -0.39 is 10.2 Å². The van der Waals surface area contributed by atoms with Crippen molar-refractivity contribution in [3.05, 3.63) is 35.9 Å². The summed E-state index contributed by atoms with van der Waals surface area (Å²) in [5.41, 5.74) is 1.27. The van der Waals surface area contributed by atoms with Gasteiger partial charge in [-0.2, -0.15) is 17.0 Å². The van der Waals surface area contributed by atoms with Crippen LogP contribution in [-0.4, -0.2) is 67.7 Å². The molecule has 0 unspecified atom stereocenters. The first-order valence-corrected chi connectivity index (χ1v) is 9.88. The normalized spacial score (nSPS) is 37.3. The quantitative estimate of drug-likeness (QED) is 0.838. The second-order valence-corrected chi connectivity index (χ2v) is 9.33. The zero-order valence-corrected chi connectivity index (χ0v) is 14.6. The molecule has 0 saturated carbocycles. The van der Waals surface area contributed by atoms with Crippen molar-refractivity contribution in [3.63, 3.8) is 0 Å². The predicted octanol–water partition coefficient (Wildman–Crippen LogP) is 1.35. The van der Waals surface area contributed by atoms with Gasteiger partial charge < -0.3 is 0 Å². The van der Waals surface area contributed by atoms with E-state index >= 15 is 0 Å². The molecule has 4 aliphatic heterocycles. The lowest BCUT2D eigenvalue weighted by Crippen LogP contribution is -2.61. The van der Waals surface area contributed by atoms with E-state index in [1.54, 1.807) is 18.4 Å². The third-order valence-electron chi connectivity index (χ3n) is 5.94. The molecule has 0 N–H and O–H groups in total. The Labute approximate surface area is 139 Å². The Morgan fingerprint density at radius 1 is 1.04 bits per heavy atom. The molecule has 0 amide bonds. The molecule has 1 aromatic rings. The van der Waals surface area contributed by atoms with Gasteiger partial charge in [0.25, 0.3) is 10.2 Å². The summed E-state index contributed by atoms with van der Waals surface area (Å²) in [7, 11) is -0.0895. The van der Waals surface area contributed by atoms with Crippen molar-refractivity contribution in [1.82, 2.24) is 13.5 Å². The van der Waals surface area contributed by atoms with Gasteiger partial charge in [-0.3, -0.25) is 4.90 Å². The minimum absolute atomic E-state index is 0.134. The van der Waals surface area contributed by atoms with Gasteiger partial charge in [0.1, 0.15) is 0 Å². The molecule has 4 aliphatic rings. The summed E-state index contributed by atoms with van der Waals surface area (Å²) in [6, 6.07) is 10.9. The number of benzene rings is 1. The number of rotatable bonds is 3. The number of hydrogen-bond acceptors (Lipinski definition) is 3. The van der Waals surface area contributed by atoms with Gasteiger partial charge in [0, 0.05) is 38.6 Å². The van der Waals surface area contributed by atoms with Crippen molar-refractivity contribution in [3.8, 4) is 0 Å². The van der Waals surface area contributed by atoms with E-state index in [2.05, 4.69) is 29.2 Å². The number of fused-ring (bicyclic) bond motifs is 2. The van der Waals surface area contributed by atoms with E-state index in [0.717, 1.165) is 25.9 Å². The van der Waals surface area contributed by atoms with Crippen LogP contribution < -0.4 is 0 Å². The number of hydrogen-bond donors (Lipinski definition) is 0. The third-order valence-corrected chi connectivity index (χ3v) is 7.84. The highest BCUT2D eigenvalue weighted by atomic mass is 32.2. The van der Waals surface area contributed by atoms with Crippen molar-refractivity contribution in [2.75, 3.05) is 33.7 Å². The fraction of sp³-hybridized carbons (Fsp3) is 0.647. The van der Waals surface area contributed by atoms with Gasteiger partial charge in [0.2, 0.25) is 0 Å². The van der Waals surface area contributed by atoms with Gasteiger partial charge in [-0.05, 0) is 37.4 Å². The Kier molecular flexibility index (Phi) is 3.76. The minimum Gasteiger partial charge on any atom is -0.298 e. The fourth-order valence-electron chi connectivity index (χ4n) is 4.84. The third kappa shape index (κ3) is 2.35. The lowest BCUT2D eigenvalue weighted by Gasteiger charge is -2.51. The average Bonchev–Trinajstić information content (AvgIpc) is 3.00. The number of nitrogens with zero attached hydrogens (tertiary/aromatic N) is 3. The van der Waals surface area contributed by atoms with Crippen LogP contribution >= 0.6 is 0 Å². The van der Waals surface area contributed by atoms with E-state index in [0.29, 0.717) is 18.5 Å². The van der Waals surface area contributed by atoms with Crippen LogP contribution in [0.25, 0.3) is 0 Å². The minimum atomic E-state index is -3.37. The Morgan fingerprint density at radius 3 is 2.30 bits per heavy atom. The zero-order chi connectivity index (χ0) is 16.2. The zero-order valence-electron chi connectivity index (χ0n) is 13.8. The Morgan fingerprint density at radius 2 is 1.70 bits per heavy atom. The maximum atomic E-state index is 12.9. The van der Waals surface area contributed by atoms with Crippen molar-refractivity contribution in [1.29, 1.82) is 0 Å². The highest BCUT2D eigenvalue weighted by molar-refractivity contribution is 7.86. The molecular weight excluding hydrogens is 310 g/mol. The molecular formula is C17H25N3O2S. The van der Waals surface area contributed by atoms with E-state index in [1.807, 2.05) is 6.07 Å². The van der Waals surface area contributed by atoms with Crippen LogP contribution in [0.15, 0.2) is 30.3 Å². The van der Waals surface area contributed by atoms with Gasteiger partial charge in [0.05, 0.1) is 0 Å². The summed E-state index contributed by atoms with van der Waals surface area (Å²) < 4.78 is 28.9. The van der Waals surface area contributed by atoms with Crippen molar-refractivity contribution >= 4 is 10.2 Å². The van der Waals surface area contributed by atoms with E-state index in [9.17, 15) is 8.42 Å². The average molecular weight is 335 g/mol. The van der Waals surface area contributed by atoms with Gasteiger partial charge in [-0.25, -0.2) is 0 Å². The molecule has 5 nitrogen and oxygen atoms in total. The Bertz CT molecular complexity index is 668. The first-order chi connectivity index (χ1) is 11.0. The predicted molar refractivity (Wildman–Crippen MR) is 90.4 cm³/mol. The van der Waals surface area contributed by atoms with Crippen molar-refractivity contribution in [2.45, 2.75) is 30.8 Å². The topological polar surface area (TPSA) is 43.9 Å². The van der Waals surface area contributed by atoms with Gasteiger partial charge in [0.15, 0.2) is 0 Å². The van der Waals surface area contributed by atoms with Crippen molar-refractivity contribution in [2.24, 2.45) is 5.92 Å². The molecule has 126 valence electrons. The molecule has 3 atom stereocenters. The van der Waals surface area contributed by atoms with Gasteiger partial charge in [-0.1, -0.05) is 30.3 Å². The smallest absolute Gasteiger partial charge is 0.281 e. The summed E-state index contributed by atoms with van der Waals surface area (Å²) in [4.78, 5) is 2.54. The van der Waals surface area contributed by atoms with E-state index in [-0.39, 0.29) is 12.0 Å². The standard InChI is InChI=1S/C17H25N3O2S/c1-18(2)23(21,22)20-12-15(13-6-4-3-5-7-13)17-16(20)14-8-10-19(17)11-9-14/h3-7,14-17H,8-12H2,1-2H3/t15-,16+,17+/m0/s1. The summed E-state index contributed by atoms with van der Waals surface area (Å²) in [5.74, 6) is 0.785. The highest BCUT2D eigenvalue weighted by Gasteiger charge is 2.56. The molecule has 0 spiro atoms. The molecule has 2 bridgehead atoms. The summed E-state index contributed by atoms with van der Waals surface area (Å²) in [5, 5.41) is 0. The molecule has 0 aromatic heterocycles. The van der Waals surface area contributed by atoms with E-state index in [1.165, 1.54) is 9.87 Å². The van der Waals surface area contributed by atoms with Gasteiger partial charge in [-0.15, -0.1) is 0 Å². The summed E-state index contributed by atoms with van der Waals surface area (Å²) >= 11 is 0. The monoisotopic (exact) mass is 335 g/mol. The maximum absolute atomic E-state index is 12.9. The van der Waals surface area contributed by atoms with Crippen molar-refractivity contribution < 1.29 is 8.42 Å². The highest BCUT2D eigenvalue weighted by Crippen LogP contribution is 2.47. The van der Waals surface area contributed by atoms with E-state index in [4.69, 9.17) is 0 Å². The second kappa shape index (κ2) is 5.55. The molecule has 23 heavy (non-hydrogen) atoms. The SMILES string of the molecule is CN(C)S(=O)(=O)N1C[C@@H](c2ccccc2)[C@@H]2[C@H]1C1CCN2CC1. The first kappa shape index (κ1) is 15.6. The summed E-state index contributed by atoms with van der Waals surface area (Å²) in [6.07, 6.45) is 2.25. The lowest BCUT2D eigenvalue weighted by molar-refractivity contribution is 0.0114. The van der Waals surface area contributed by atoms with Crippen LogP contribution in [0.2, 0.25) is 0 Å².